The van der Waals surface area contributed by atoms with Crippen LogP contribution in [-0.4, -0.2) is 44.1 Å². The molecule has 5 heteroatoms. The van der Waals surface area contributed by atoms with Crippen LogP contribution in [0.5, 0.6) is 17.2 Å². The van der Waals surface area contributed by atoms with Crippen LogP contribution in [0.25, 0.3) is 0 Å². The van der Waals surface area contributed by atoms with E-state index in [4.69, 9.17) is 18.9 Å². The largest absolute Gasteiger partial charge is 0.491 e. The molecule has 0 spiro atoms. The van der Waals surface area contributed by atoms with Crippen molar-refractivity contribution in [3.8, 4) is 17.2 Å². The van der Waals surface area contributed by atoms with Crippen molar-refractivity contribution in [2.75, 3.05) is 33.1 Å². The van der Waals surface area contributed by atoms with Gasteiger partial charge in [0.25, 0.3) is 0 Å². The molecule has 0 bridgehead atoms. The molecule has 5 nitrogen and oxygen atoms in total. The Morgan fingerprint density at radius 1 is 1.04 bits per heavy atom. The van der Waals surface area contributed by atoms with Gasteiger partial charge in [-0.2, -0.15) is 0 Å². The lowest BCUT2D eigenvalue weighted by Crippen LogP contribution is -2.34. The normalized spacial score (nSPS) is 20.2. The van der Waals surface area contributed by atoms with E-state index in [1.165, 1.54) is 5.56 Å². The van der Waals surface area contributed by atoms with Gasteiger partial charge in [-0.05, 0) is 24.1 Å². The highest BCUT2D eigenvalue weighted by atomic mass is 16.7. The molecule has 0 aromatic heterocycles. The van der Waals surface area contributed by atoms with E-state index >= 15 is 0 Å². The number of nitrogens with zero attached hydrogens (tertiary/aromatic N) is 1. The summed E-state index contributed by atoms with van der Waals surface area (Å²) in [6, 6.07) is 16.2. The summed E-state index contributed by atoms with van der Waals surface area (Å²) < 4.78 is 22.6. The zero-order chi connectivity index (χ0) is 16.9. The van der Waals surface area contributed by atoms with E-state index in [-0.39, 0.29) is 12.9 Å². The summed E-state index contributed by atoms with van der Waals surface area (Å²) in [5, 5.41) is 0. The first-order chi connectivity index (χ1) is 12.4. The Labute approximate surface area is 148 Å². The third-order valence-electron chi connectivity index (χ3n) is 4.46. The van der Waals surface area contributed by atoms with Crippen molar-refractivity contribution in [2.24, 2.45) is 0 Å². The summed E-state index contributed by atoms with van der Waals surface area (Å²) in [5.74, 6) is 2.30. The van der Waals surface area contributed by atoms with Crippen LogP contribution in [0.3, 0.4) is 0 Å². The highest BCUT2D eigenvalue weighted by molar-refractivity contribution is 5.46. The summed E-state index contributed by atoms with van der Waals surface area (Å²) in [6.07, 6.45) is 1.12. The van der Waals surface area contributed by atoms with Gasteiger partial charge in [0.1, 0.15) is 18.5 Å². The minimum absolute atomic E-state index is 0.0663. The van der Waals surface area contributed by atoms with E-state index in [0.717, 1.165) is 49.9 Å². The predicted octanol–water partition coefficient (Wildman–Crippen LogP) is 3.09. The molecular formula is C20H23NO4. The van der Waals surface area contributed by atoms with Gasteiger partial charge in [-0.25, -0.2) is 0 Å². The predicted molar refractivity (Wildman–Crippen MR) is 94.1 cm³/mol. The second-order valence-electron chi connectivity index (χ2n) is 6.39. The van der Waals surface area contributed by atoms with Crippen LogP contribution in [0.15, 0.2) is 48.5 Å². The average molecular weight is 341 g/mol. The van der Waals surface area contributed by atoms with Gasteiger partial charge >= 0.3 is 0 Å². The fourth-order valence-electron chi connectivity index (χ4n) is 3.21. The topological polar surface area (TPSA) is 40.2 Å². The number of fused-ring (bicyclic) bond motifs is 1. The Morgan fingerprint density at radius 3 is 2.84 bits per heavy atom. The Bertz CT molecular complexity index is 691. The number of benzene rings is 2. The van der Waals surface area contributed by atoms with Crippen molar-refractivity contribution < 1.29 is 18.9 Å². The number of rotatable bonds is 5. The summed E-state index contributed by atoms with van der Waals surface area (Å²) in [7, 11) is 0. The van der Waals surface area contributed by atoms with Crippen molar-refractivity contribution in [2.45, 2.75) is 19.1 Å². The monoisotopic (exact) mass is 341 g/mol. The van der Waals surface area contributed by atoms with Gasteiger partial charge in [-0.15, -0.1) is 0 Å². The van der Waals surface area contributed by atoms with Crippen molar-refractivity contribution in [3.63, 3.8) is 0 Å². The lowest BCUT2D eigenvalue weighted by atomic mass is 10.2. The van der Waals surface area contributed by atoms with Crippen molar-refractivity contribution in [1.82, 2.24) is 4.90 Å². The lowest BCUT2D eigenvalue weighted by Gasteiger charge is -2.24. The van der Waals surface area contributed by atoms with Crippen LogP contribution in [-0.2, 0) is 11.3 Å². The van der Waals surface area contributed by atoms with Crippen molar-refractivity contribution >= 4 is 0 Å². The third-order valence-corrected chi connectivity index (χ3v) is 4.46. The molecular weight excluding hydrogens is 318 g/mol. The Morgan fingerprint density at radius 2 is 1.92 bits per heavy atom. The quantitative estimate of drug-likeness (QED) is 0.836. The fourth-order valence-corrected chi connectivity index (χ4v) is 3.21. The zero-order valence-electron chi connectivity index (χ0n) is 14.2. The van der Waals surface area contributed by atoms with Crippen LogP contribution < -0.4 is 14.2 Å². The maximum atomic E-state index is 5.96. The molecule has 25 heavy (non-hydrogen) atoms. The maximum Gasteiger partial charge on any atom is 0.231 e. The van der Waals surface area contributed by atoms with Crippen LogP contribution in [0.4, 0.5) is 0 Å². The van der Waals surface area contributed by atoms with Crippen molar-refractivity contribution in [3.05, 3.63) is 54.1 Å². The maximum absolute atomic E-state index is 5.96. The first kappa shape index (κ1) is 16.2. The van der Waals surface area contributed by atoms with Gasteiger partial charge in [0.15, 0.2) is 11.5 Å². The molecule has 0 radical (unpaired) electrons. The molecule has 1 saturated heterocycles. The molecule has 2 aliphatic rings. The number of hydrogen-bond acceptors (Lipinski definition) is 5. The van der Waals surface area contributed by atoms with E-state index in [1.807, 2.05) is 18.2 Å². The van der Waals surface area contributed by atoms with Gasteiger partial charge < -0.3 is 18.9 Å². The molecule has 0 aliphatic carbocycles. The molecule has 2 heterocycles. The minimum atomic E-state index is 0.0663. The zero-order valence-corrected chi connectivity index (χ0v) is 14.2. The Hall–Kier alpha value is -2.24. The molecule has 1 atom stereocenters. The standard InChI is InChI=1S/C20H23NO4/c1-2-5-16(6-3-1)12-21-9-4-10-22-18(13-21)14-23-17-7-8-19-20(11-17)25-15-24-19/h1-3,5-8,11,18H,4,9-10,12-15H2. The molecule has 4 rings (SSSR count). The van der Waals surface area contributed by atoms with Crippen LogP contribution in [0, 0.1) is 0 Å². The Kier molecular flexibility index (Phi) is 5.04. The van der Waals surface area contributed by atoms with Crippen LogP contribution in [0.1, 0.15) is 12.0 Å². The smallest absolute Gasteiger partial charge is 0.231 e. The van der Waals surface area contributed by atoms with Crippen LogP contribution >= 0.6 is 0 Å². The summed E-state index contributed by atoms with van der Waals surface area (Å²) >= 11 is 0. The van der Waals surface area contributed by atoms with Gasteiger partial charge in [-0.1, -0.05) is 30.3 Å². The first-order valence-electron chi connectivity index (χ1n) is 8.77. The molecule has 2 aromatic rings. The lowest BCUT2D eigenvalue weighted by molar-refractivity contribution is 0.0201. The fraction of sp³-hybridized carbons (Fsp3) is 0.400. The van der Waals surface area contributed by atoms with E-state index < -0.39 is 0 Å². The van der Waals surface area contributed by atoms with E-state index in [2.05, 4.69) is 35.2 Å². The molecule has 0 N–H and O–H groups in total. The minimum Gasteiger partial charge on any atom is -0.491 e. The van der Waals surface area contributed by atoms with Gasteiger partial charge in [0, 0.05) is 32.3 Å². The van der Waals surface area contributed by atoms with E-state index in [0.29, 0.717) is 6.61 Å². The van der Waals surface area contributed by atoms with E-state index in [1.54, 1.807) is 0 Å². The molecule has 2 aromatic carbocycles. The average Bonchev–Trinajstić information content (AvgIpc) is 3.00. The van der Waals surface area contributed by atoms with Gasteiger partial charge in [-0.3, -0.25) is 4.90 Å². The highest BCUT2D eigenvalue weighted by Gasteiger charge is 2.20. The van der Waals surface area contributed by atoms with E-state index in [9.17, 15) is 0 Å². The molecule has 2 aliphatic heterocycles. The van der Waals surface area contributed by atoms with Crippen LogP contribution in [0.2, 0.25) is 0 Å². The summed E-state index contributed by atoms with van der Waals surface area (Å²) in [6.45, 7) is 4.46. The Balaban J connectivity index is 1.33. The molecule has 132 valence electrons. The van der Waals surface area contributed by atoms with Crippen molar-refractivity contribution in [1.29, 1.82) is 0 Å². The molecule has 1 fully saturated rings. The SMILES string of the molecule is c1ccc(CN2CCCOC(COc3ccc4c(c3)OCO4)C2)cc1. The second-order valence-corrected chi connectivity index (χ2v) is 6.39. The van der Waals surface area contributed by atoms with Gasteiger partial charge in [0.05, 0.1) is 0 Å². The molecule has 1 unspecified atom stereocenters. The second kappa shape index (κ2) is 7.76. The molecule has 0 saturated carbocycles. The molecule has 0 amide bonds. The highest BCUT2D eigenvalue weighted by Crippen LogP contribution is 2.35. The summed E-state index contributed by atoms with van der Waals surface area (Å²) in [4.78, 5) is 2.44. The summed E-state index contributed by atoms with van der Waals surface area (Å²) in [5.41, 5.74) is 1.33. The number of ether oxygens (including phenoxy) is 4. The van der Waals surface area contributed by atoms with Gasteiger partial charge in [0.2, 0.25) is 6.79 Å². The third kappa shape index (κ3) is 4.24. The number of hydrogen-bond donors (Lipinski definition) is 0. The first-order valence-corrected chi connectivity index (χ1v) is 8.77.